The van der Waals surface area contributed by atoms with Crippen LogP contribution in [0.3, 0.4) is 0 Å². The number of halogens is 1. The van der Waals surface area contributed by atoms with E-state index < -0.39 is 0 Å². The number of nitrogens with zero attached hydrogens (tertiary/aromatic N) is 1. The van der Waals surface area contributed by atoms with E-state index in [4.69, 9.17) is 4.74 Å². The Hall–Kier alpha value is -0.360. The molecule has 0 aliphatic carbocycles. The fraction of sp³-hybridized carbons (Fsp3) is 0.938. The number of morpholine rings is 1. The summed E-state index contributed by atoms with van der Waals surface area (Å²) in [6.07, 6.45) is 2.25. The van der Waals surface area contributed by atoms with Crippen LogP contribution in [-0.4, -0.2) is 61.8 Å². The summed E-state index contributed by atoms with van der Waals surface area (Å²) in [4.78, 5) is 14.9. The van der Waals surface area contributed by atoms with E-state index in [1.54, 1.807) is 0 Å². The van der Waals surface area contributed by atoms with Crippen LogP contribution in [0.2, 0.25) is 0 Å². The van der Waals surface area contributed by atoms with Crippen LogP contribution in [0.25, 0.3) is 0 Å². The van der Waals surface area contributed by atoms with Crippen molar-refractivity contribution in [2.45, 2.75) is 52.1 Å². The molecule has 0 aromatic heterocycles. The van der Waals surface area contributed by atoms with Crippen molar-refractivity contribution in [3.63, 3.8) is 0 Å². The maximum atomic E-state index is 12.5. The Morgan fingerprint density at radius 3 is 2.59 bits per heavy atom. The van der Waals surface area contributed by atoms with Gasteiger partial charge in [0.05, 0.1) is 19.3 Å². The van der Waals surface area contributed by atoms with Gasteiger partial charge in [0.1, 0.15) is 0 Å². The standard InChI is InChI=1S/C16H31N3O2.ClH/c1-15(2)6-5-7-17-13(15)14(20)18-12-16(3,4)19-8-10-21-11-9-19;/h13,17H,5-12H2,1-4H3,(H,18,20);1H. The maximum Gasteiger partial charge on any atom is 0.237 e. The highest BCUT2D eigenvalue weighted by molar-refractivity contribution is 5.85. The van der Waals surface area contributed by atoms with Gasteiger partial charge in [-0.15, -0.1) is 12.4 Å². The third-order valence-electron chi connectivity index (χ3n) is 4.95. The monoisotopic (exact) mass is 333 g/mol. The molecule has 0 bridgehead atoms. The first kappa shape index (κ1) is 19.7. The first-order valence-electron chi connectivity index (χ1n) is 8.17. The second-order valence-electron chi connectivity index (χ2n) is 7.61. The van der Waals surface area contributed by atoms with Gasteiger partial charge in [-0.3, -0.25) is 9.69 Å². The summed E-state index contributed by atoms with van der Waals surface area (Å²) in [5, 5.41) is 6.54. The number of nitrogens with one attached hydrogen (secondary N) is 2. The topological polar surface area (TPSA) is 53.6 Å². The van der Waals surface area contributed by atoms with E-state index in [9.17, 15) is 4.79 Å². The van der Waals surface area contributed by atoms with E-state index in [0.717, 1.165) is 45.7 Å². The number of amides is 1. The van der Waals surface area contributed by atoms with Crippen LogP contribution in [0.4, 0.5) is 0 Å². The molecule has 2 heterocycles. The molecule has 2 aliphatic heterocycles. The van der Waals surface area contributed by atoms with E-state index in [-0.39, 0.29) is 35.3 Å². The molecule has 1 unspecified atom stereocenters. The predicted molar refractivity (Wildman–Crippen MR) is 91.5 cm³/mol. The molecule has 2 rings (SSSR count). The van der Waals surface area contributed by atoms with Crippen LogP contribution in [0.15, 0.2) is 0 Å². The summed E-state index contributed by atoms with van der Waals surface area (Å²) in [7, 11) is 0. The Labute approximate surface area is 140 Å². The normalized spacial score (nSPS) is 26.1. The van der Waals surface area contributed by atoms with Gasteiger partial charge in [0, 0.05) is 25.2 Å². The van der Waals surface area contributed by atoms with Gasteiger partial charge in [-0.1, -0.05) is 13.8 Å². The minimum absolute atomic E-state index is 0. The minimum atomic E-state index is -0.0771. The lowest BCUT2D eigenvalue weighted by atomic mass is 9.77. The van der Waals surface area contributed by atoms with Crippen molar-refractivity contribution in [3.8, 4) is 0 Å². The molecule has 6 heteroatoms. The minimum Gasteiger partial charge on any atom is -0.379 e. The van der Waals surface area contributed by atoms with Gasteiger partial charge >= 0.3 is 0 Å². The molecule has 5 nitrogen and oxygen atoms in total. The van der Waals surface area contributed by atoms with Crippen molar-refractivity contribution in [1.29, 1.82) is 0 Å². The molecule has 0 aromatic carbocycles. The Bertz CT molecular complexity index is 368. The number of carbonyl (C=O) groups is 1. The van der Waals surface area contributed by atoms with Crippen molar-refractivity contribution in [1.82, 2.24) is 15.5 Å². The molecule has 1 atom stereocenters. The molecule has 0 radical (unpaired) electrons. The summed E-state index contributed by atoms with van der Waals surface area (Å²) < 4.78 is 5.40. The van der Waals surface area contributed by atoms with Crippen molar-refractivity contribution in [2.24, 2.45) is 5.41 Å². The first-order valence-corrected chi connectivity index (χ1v) is 8.17. The SMILES string of the molecule is CC1(C)CCCNC1C(=O)NCC(C)(C)N1CCOCC1.Cl. The van der Waals surface area contributed by atoms with Crippen molar-refractivity contribution in [2.75, 3.05) is 39.4 Å². The molecule has 2 aliphatic rings. The van der Waals surface area contributed by atoms with Crippen LogP contribution in [0.5, 0.6) is 0 Å². The van der Waals surface area contributed by atoms with Gasteiger partial charge < -0.3 is 15.4 Å². The highest BCUT2D eigenvalue weighted by Crippen LogP contribution is 2.30. The summed E-state index contributed by atoms with van der Waals surface area (Å²) in [6.45, 7) is 13.8. The fourth-order valence-electron chi connectivity index (χ4n) is 3.34. The van der Waals surface area contributed by atoms with Gasteiger partial charge in [-0.05, 0) is 38.6 Å². The highest BCUT2D eigenvalue weighted by atomic mass is 35.5. The van der Waals surface area contributed by atoms with E-state index in [1.165, 1.54) is 0 Å². The number of rotatable bonds is 4. The lowest BCUT2D eigenvalue weighted by molar-refractivity contribution is -0.127. The van der Waals surface area contributed by atoms with E-state index in [1.807, 2.05) is 0 Å². The number of piperidine rings is 1. The molecule has 2 fully saturated rings. The third-order valence-corrected chi connectivity index (χ3v) is 4.95. The van der Waals surface area contributed by atoms with Gasteiger partial charge in [0.25, 0.3) is 0 Å². The van der Waals surface area contributed by atoms with Gasteiger partial charge in [-0.25, -0.2) is 0 Å². The van der Waals surface area contributed by atoms with Gasteiger partial charge in [0.15, 0.2) is 0 Å². The van der Waals surface area contributed by atoms with Gasteiger partial charge in [-0.2, -0.15) is 0 Å². The average Bonchev–Trinajstić information content (AvgIpc) is 2.45. The van der Waals surface area contributed by atoms with E-state index >= 15 is 0 Å². The molecule has 1 amide bonds. The van der Waals surface area contributed by atoms with Gasteiger partial charge in [0.2, 0.25) is 5.91 Å². The maximum absolute atomic E-state index is 12.5. The molecule has 130 valence electrons. The zero-order chi connectivity index (χ0) is 15.5. The molecule has 0 saturated carbocycles. The van der Waals surface area contributed by atoms with Crippen LogP contribution in [0.1, 0.15) is 40.5 Å². The largest absolute Gasteiger partial charge is 0.379 e. The van der Waals surface area contributed by atoms with E-state index in [0.29, 0.717) is 6.54 Å². The average molecular weight is 334 g/mol. The molecule has 0 spiro atoms. The van der Waals surface area contributed by atoms with Crippen LogP contribution in [-0.2, 0) is 9.53 Å². The zero-order valence-corrected chi connectivity index (χ0v) is 15.2. The lowest BCUT2D eigenvalue weighted by Gasteiger charge is -2.42. The van der Waals surface area contributed by atoms with Crippen molar-refractivity contribution in [3.05, 3.63) is 0 Å². The lowest BCUT2D eigenvalue weighted by Crippen LogP contribution is -2.60. The van der Waals surface area contributed by atoms with Crippen molar-refractivity contribution >= 4 is 18.3 Å². The highest BCUT2D eigenvalue weighted by Gasteiger charge is 2.38. The Kier molecular flexibility index (Phi) is 7.12. The van der Waals surface area contributed by atoms with Crippen molar-refractivity contribution < 1.29 is 9.53 Å². The van der Waals surface area contributed by atoms with Crippen LogP contribution in [0, 0.1) is 5.41 Å². The Balaban J connectivity index is 0.00000242. The second kappa shape index (κ2) is 7.95. The van der Waals surface area contributed by atoms with E-state index in [2.05, 4.69) is 43.2 Å². The Morgan fingerprint density at radius 2 is 2.00 bits per heavy atom. The molecule has 2 N–H and O–H groups in total. The smallest absolute Gasteiger partial charge is 0.237 e. The second-order valence-corrected chi connectivity index (χ2v) is 7.61. The van der Waals surface area contributed by atoms with Crippen LogP contribution < -0.4 is 10.6 Å². The summed E-state index contributed by atoms with van der Waals surface area (Å²) in [5.74, 6) is 0.140. The number of carbonyl (C=O) groups excluding carboxylic acids is 1. The number of ether oxygens (including phenoxy) is 1. The molecule has 22 heavy (non-hydrogen) atoms. The molecular formula is C16H32ClN3O2. The summed E-state index contributed by atoms with van der Waals surface area (Å²) in [5.41, 5.74) is 0.00366. The van der Waals surface area contributed by atoms with Crippen LogP contribution >= 0.6 is 12.4 Å². The summed E-state index contributed by atoms with van der Waals surface area (Å²) in [6, 6.07) is -0.0771. The first-order chi connectivity index (χ1) is 9.83. The molecular weight excluding hydrogens is 302 g/mol. The number of hydrogen-bond acceptors (Lipinski definition) is 4. The number of hydrogen-bond donors (Lipinski definition) is 2. The molecule has 0 aromatic rings. The fourth-order valence-corrected chi connectivity index (χ4v) is 3.34. The summed E-state index contributed by atoms with van der Waals surface area (Å²) >= 11 is 0. The predicted octanol–water partition coefficient (Wildman–Crippen LogP) is 1.41. The zero-order valence-electron chi connectivity index (χ0n) is 14.4. The third kappa shape index (κ3) is 4.82. The Morgan fingerprint density at radius 1 is 1.36 bits per heavy atom. The quantitative estimate of drug-likeness (QED) is 0.817. The molecule has 2 saturated heterocycles.